The number of ether oxygens (including phenoxy) is 2. The Bertz CT molecular complexity index is 379. The molecule has 0 unspecified atom stereocenters. The topological polar surface area (TPSA) is 35.5 Å². The first-order chi connectivity index (χ1) is 8.72. The molecule has 3 nitrogen and oxygen atoms in total. The van der Waals surface area contributed by atoms with Gasteiger partial charge in [-0.25, -0.2) is 13.9 Å². The molecule has 12 heteroatoms. The summed E-state index contributed by atoms with van der Waals surface area (Å²) >= 11 is 0. The van der Waals surface area contributed by atoms with Gasteiger partial charge in [-0.1, -0.05) is 6.58 Å². The van der Waals surface area contributed by atoms with Crippen molar-refractivity contribution in [1.29, 1.82) is 0 Å². The van der Waals surface area contributed by atoms with E-state index in [0.717, 1.165) is 0 Å². The average molecular weight is 320 g/mol. The van der Waals surface area contributed by atoms with Crippen molar-refractivity contribution in [3.63, 3.8) is 0 Å². The van der Waals surface area contributed by atoms with Crippen LogP contribution in [0.5, 0.6) is 0 Å². The summed E-state index contributed by atoms with van der Waals surface area (Å²) in [5.74, 6) is -8.93. The number of esters is 1. The highest BCUT2D eigenvalue weighted by molar-refractivity contribution is 5.81. The van der Waals surface area contributed by atoms with Gasteiger partial charge < -0.3 is 4.74 Å². The summed E-state index contributed by atoms with van der Waals surface area (Å²) in [6, 6.07) is 0. The zero-order valence-corrected chi connectivity index (χ0v) is 9.12. The van der Waals surface area contributed by atoms with E-state index >= 15 is 0 Å². The van der Waals surface area contributed by atoms with Crippen LogP contribution in [0.2, 0.25) is 0 Å². The number of carbonyl (C=O) groups is 1. The molecule has 0 saturated carbocycles. The Morgan fingerprint density at radius 1 is 1.00 bits per heavy atom. The van der Waals surface area contributed by atoms with Crippen LogP contribution in [0, 0.1) is 0 Å². The van der Waals surface area contributed by atoms with Crippen LogP contribution in [-0.2, 0) is 14.3 Å². The van der Waals surface area contributed by atoms with E-state index in [2.05, 4.69) is 16.1 Å². The first-order valence-electron chi connectivity index (χ1n) is 4.35. The minimum absolute atomic E-state index is 0.0703. The van der Waals surface area contributed by atoms with E-state index < -0.39 is 36.9 Å². The largest absolute Gasteiger partial charge is 0.476 e. The standard InChI is InChI=1S/C8H5F9O3/c1-2-4(18)19-7(14,15)6(12,13)8(16,17)20-5(10,11)3-9/h2H,1,3H2. The zero-order valence-electron chi connectivity index (χ0n) is 9.12. The van der Waals surface area contributed by atoms with Crippen LogP contribution in [0.3, 0.4) is 0 Å². The fourth-order valence-corrected chi connectivity index (χ4v) is 0.680. The highest BCUT2D eigenvalue weighted by Crippen LogP contribution is 2.48. The van der Waals surface area contributed by atoms with Gasteiger partial charge in [-0.05, 0) is 0 Å². The molecule has 20 heavy (non-hydrogen) atoms. The third kappa shape index (κ3) is 3.77. The van der Waals surface area contributed by atoms with Crippen molar-refractivity contribution in [3.8, 4) is 0 Å². The van der Waals surface area contributed by atoms with Crippen LogP contribution in [0.15, 0.2) is 12.7 Å². The Balaban J connectivity index is 5.36. The molecule has 0 heterocycles. The summed E-state index contributed by atoms with van der Waals surface area (Å²) in [7, 11) is 0. The van der Waals surface area contributed by atoms with Crippen molar-refractivity contribution in [2.24, 2.45) is 0 Å². The second-order valence-electron chi connectivity index (χ2n) is 3.11. The van der Waals surface area contributed by atoms with E-state index in [1.165, 1.54) is 0 Å². The summed E-state index contributed by atoms with van der Waals surface area (Å²) in [6.45, 7) is -0.455. The third-order valence-corrected chi connectivity index (χ3v) is 1.56. The number of rotatable bonds is 7. The van der Waals surface area contributed by atoms with Crippen molar-refractivity contribution in [2.45, 2.75) is 24.2 Å². The second-order valence-corrected chi connectivity index (χ2v) is 3.11. The highest BCUT2D eigenvalue weighted by Gasteiger charge is 2.77. The summed E-state index contributed by atoms with van der Waals surface area (Å²) < 4.78 is 117. The summed E-state index contributed by atoms with van der Waals surface area (Å²) in [4.78, 5) is 10.3. The fraction of sp³-hybridized carbons (Fsp3) is 0.625. The predicted molar refractivity (Wildman–Crippen MR) is 43.1 cm³/mol. The van der Waals surface area contributed by atoms with Crippen LogP contribution >= 0.6 is 0 Å². The molecule has 0 amide bonds. The lowest BCUT2D eigenvalue weighted by molar-refractivity contribution is -0.481. The Labute approximate surface area is 104 Å². The molecule has 0 fully saturated rings. The molecular weight excluding hydrogens is 315 g/mol. The van der Waals surface area contributed by atoms with E-state index in [0.29, 0.717) is 0 Å². The maximum Gasteiger partial charge on any atom is 0.476 e. The smallest absolute Gasteiger partial charge is 0.393 e. The van der Waals surface area contributed by atoms with Crippen molar-refractivity contribution in [1.82, 2.24) is 0 Å². The van der Waals surface area contributed by atoms with Crippen molar-refractivity contribution >= 4 is 5.97 Å². The second kappa shape index (κ2) is 5.50. The van der Waals surface area contributed by atoms with Crippen molar-refractivity contribution < 1.29 is 53.8 Å². The molecule has 118 valence electrons. The highest BCUT2D eigenvalue weighted by atomic mass is 19.4. The molecule has 0 aromatic carbocycles. The predicted octanol–water partition coefficient (Wildman–Crippen LogP) is 3.12. The van der Waals surface area contributed by atoms with Gasteiger partial charge in [-0.3, -0.25) is 0 Å². The lowest BCUT2D eigenvalue weighted by atomic mass is 10.3. The lowest BCUT2D eigenvalue weighted by Gasteiger charge is -2.32. The molecule has 0 spiro atoms. The van der Waals surface area contributed by atoms with Crippen LogP contribution in [-0.4, -0.2) is 36.9 Å². The zero-order chi connectivity index (χ0) is 16.4. The van der Waals surface area contributed by atoms with Crippen LogP contribution in [0.25, 0.3) is 0 Å². The molecule has 0 aliphatic heterocycles. The van der Waals surface area contributed by atoms with Gasteiger partial charge in [0.1, 0.15) is 0 Å². The van der Waals surface area contributed by atoms with Gasteiger partial charge in [-0.15, -0.1) is 0 Å². The van der Waals surface area contributed by atoms with E-state index in [1.54, 1.807) is 0 Å². The minimum atomic E-state index is -6.70. The van der Waals surface area contributed by atoms with Gasteiger partial charge in [0.05, 0.1) is 0 Å². The molecule has 0 aliphatic carbocycles. The molecule has 0 atom stereocenters. The average Bonchev–Trinajstić information content (AvgIpc) is 2.26. The van der Waals surface area contributed by atoms with Crippen LogP contribution in [0.1, 0.15) is 0 Å². The number of carbonyl (C=O) groups excluding carboxylic acids is 1. The van der Waals surface area contributed by atoms with E-state index in [1.807, 2.05) is 0 Å². The maximum atomic E-state index is 12.8. The molecule has 0 N–H and O–H groups in total. The minimum Gasteiger partial charge on any atom is -0.393 e. The number of hydrogen-bond donors (Lipinski definition) is 0. The third-order valence-electron chi connectivity index (χ3n) is 1.56. The van der Waals surface area contributed by atoms with Crippen LogP contribution in [0.4, 0.5) is 39.5 Å². The van der Waals surface area contributed by atoms with Gasteiger partial charge >= 0.3 is 30.2 Å². The Morgan fingerprint density at radius 2 is 1.45 bits per heavy atom. The fourth-order valence-electron chi connectivity index (χ4n) is 0.680. The van der Waals surface area contributed by atoms with Gasteiger partial charge in [-0.2, -0.15) is 35.1 Å². The molecule has 0 rings (SSSR count). The monoisotopic (exact) mass is 320 g/mol. The molecule has 0 bridgehead atoms. The Hall–Kier alpha value is -1.46. The quantitative estimate of drug-likeness (QED) is 0.411. The molecule has 0 aromatic heterocycles. The van der Waals surface area contributed by atoms with E-state index in [4.69, 9.17) is 0 Å². The van der Waals surface area contributed by atoms with E-state index in [-0.39, 0.29) is 6.08 Å². The van der Waals surface area contributed by atoms with Gasteiger partial charge in [0, 0.05) is 6.08 Å². The number of alkyl halides is 9. The van der Waals surface area contributed by atoms with E-state index in [9.17, 15) is 44.3 Å². The van der Waals surface area contributed by atoms with Gasteiger partial charge in [0.2, 0.25) is 0 Å². The first-order valence-corrected chi connectivity index (χ1v) is 4.35. The van der Waals surface area contributed by atoms with Crippen molar-refractivity contribution in [2.75, 3.05) is 6.67 Å². The van der Waals surface area contributed by atoms with Gasteiger partial charge in [0.25, 0.3) is 0 Å². The van der Waals surface area contributed by atoms with Gasteiger partial charge in [0.15, 0.2) is 6.67 Å². The normalized spacial score (nSPS) is 14.1. The first kappa shape index (κ1) is 18.5. The molecule has 0 saturated heterocycles. The molecule has 0 aliphatic rings. The molecule has 0 radical (unpaired) electrons. The summed E-state index contributed by atoms with van der Waals surface area (Å²) in [5.41, 5.74) is 0. The SMILES string of the molecule is C=CC(=O)OC(F)(F)C(F)(F)C(F)(F)OC(F)(F)CF. The molecular formula is C8H5F9O3. The van der Waals surface area contributed by atoms with Crippen LogP contribution < -0.4 is 0 Å². The number of hydrogen-bond acceptors (Lipinski definition) is 3. The lowest BCUT2D eigenvalue weighted by Crippen LogP contribution is -2.59. The summed E-state index contributed by atoms with van der Waals surface area (Å²) in [6.07, 6.45) is -18.3. The Morgan fingerprint density at radius 3 is 1.80 bits per heavy atom. The maximum absolute atomic E-state index is 12.8. The number of halogens is 9. The Kier molecular flexibility index (Phi) is 5.10. The summed E-state index contributed by atoms with van der Waals surface area (Å²) in [5, 5.41) is 0. The van der Waals surface area contributed by atoms with Crippen molar-refractivity contribution in [3.05, 3.63) is 12.7 Å². The molecule has 0 aromatic rings.